The monoisotopic (exact) mass is 465 g/mol. The Hall–Kier alpha value is -2.61. The van der Waals surface area contributed by atoms with Crippen LogP contribution >= 0.6 is 34.8 Å². The van der Waals surface area contributed by atoms with Crippen LogP contribution < -0.4 is 5.32 Å². The van der Waals surface area contributed by atoms with Gasteiger partial charge in [-0.1, -0.05) is 40.0 Å². The molecule has 0 unspecified atom stereocenters. The first-order chi connectivity index (χ1) is 14.2. The molecule has 2 aromatic carbocycles. The third kappa shape index (κ3) is 4.43. The van der Waals surface area contributed by atoms with Crippen LogP contribution in [0.1, 0.15) is 32.0 Å². The highest BCUT2D eigenvalue weighted by atomic mass is 35.5. The second kappa shape index (κ2) is 9.04. The van der Waals surface area contributed by atoms with Crippen molar-refractivity contribution in [2.75, 3.05) is 26.5 Å². The minimum Gasteiger partial charge on any atom is -0.371 e. The number of amides is 1. The molecule has 10 heteroatoms. The average Bonchev–Trinajstić information content (AvgIpc) is 3.09. The number of hydrogen-bond acceptors (Lipinski definition) is 5. The zero-order chi connectivity index (χ0) is 22.0. The van der Waals surface area contributed by atoms with Gasteiger partial charge in [-0.15, -0.1) is 5.10 Å². The molecule has 0 saturated carbocycles. The van der Waals surface area contributed by atoms with Crippen molar-refractivity contribution in [1.29, 1.82) is 0 Å². The fraction of sp³-hybridized carbons (Fsp3) is 0.200. The van der Waals surface area contributed by atoms with Crippen molar-refractivity contribution >= 4 is 52.3 Å². The van der Waals surface area contributed by atoms with E-state index in [-0.39, 0.29) is 39.5 Å². The summed E-state index contributed by atoms with van der Waals surface area (Å²) in [7, 11) is 4.95. The Balaban J connectivity index is 1.92. The third-order valence-corrected chi connectivity index (χ3v) is 5.20. The second-order valence-corrected chi connectivity index (χ2v) is 7.92. The van der Waals surface area contributed by atoms with Crippen LogP contribution in [0.25, 0.3) is 0 Å². The number of carbonyl (C=O) groups excluding carboxylic acids is 2. The molecule has 30 heavy (non-hydrogen) atoms. The lowest BCUT2D eigenvalue weighted by molar-refractivity contribution is 0.0822. The number of rotatable bonds is 6. The summed E-state index contributed by atoms with van der Waals surface area (Å²) in [6, 6.07) is 9.77. The Morgan fingerprint density at radius 3 is 2.20 bits per heavy atom. The number of hydrogen-bond donors (Lipinski definition) is 1. The van der Waals surface area contributed by atoms with Gasteiger partial charge in [-0.3, -0.25) is 9.59 Å². The number of anilines is 1. The molecule has 0 bridgehead atoms. The SMILES string of the molecule is CNc1c(C(=O)N(C)C)nnn1Cc1cc(Cl)c(C(=O)c2ccc(Cl)cc2)c(Cl)c1. The first kappa shape index (κ1) is 22.1. The lowest BCUT2D eigenvalue weighted by Crippen LogP contribution is -2.23. The number of benzene rings is 2. The molecule has 7 nitrogen and oxygen atoms in total. The van der Waals surface area contributed by atoms with E-state index in [1.54, 1.807) is 57.5 Å². The van der Waals surface area contributed by atoms with Gasteiger partial charge in [0.15, 0.2) is 17.3 Å². The molecule has 156 valence electrons. The number of carbonyl (C=O) groups is 2. The van der Waals surface area contributed by atoms with Crippen LogP contribution in [0.4, 0.5) is 5.82 Å². The Morgan fingerprint density at radius 1 is 1.07 bits per heavy atom. The number of halogens is 3. The van der Waals surface area contributed by atoms with Crippen molar-refractivity contribution in [2.24, 2.45) is 0 Å². The summed E-state index contributed by atoms with van der Waals surface area (Å²) in [5.74, 6) is -0.114. The molecule has 1 heterocycles. The maximum Gasteiger partial charge on any atom is 0.277 e. The van der Waals surface area contributed by atoms with Crippen molar-refractivity contribution in [3.05, 3.63) is 73.9 Å². The number of nitrogens with one attached hydrogen (secondary N) is 1. The molecule has 3 rings (SSSR count). The highest BCUT2D eigenvalue weighted by Crippen LogP contribution is 2.30. The van der Waals surface area contributed by atoms with Crippen molar-refractivity contribution in [3.8, 4) is 0 Å². The quantitative estimate of drug-likeness (QED) is 0.549. The van der Waals surface area contributed by atoms with Gasteiger partial charge in [0.2, 0.25) is 0 Å². The molecule has 0 saturated heterocycles. The van der Waals surface area contributed by atoms with E-state index in [9.17, 15) is 9.59 Å². The summed E-state index contributed by atoms with van der Waals surface area (Å²) in [5.41, 5.74) is 1.54. The smallest absolute Gasteiger partial charge is 0.277 e. The summed E-state index contributed by atoms with van der Waals surface area (Å²) in [6.45, 7) is 0.249. The molecule has 0 aliphatic rings. The van der Waals surface area contributed by atoms with Gasteiger partial charge in [0.25, 0.3) is 5.91 Å². The van der Waals surface area contributed by atoms with Crippen LogP contribution in [0.3, 0.4) is 0 Å². The lowest BCUT2D eigenvalue weighted by Gasteiger charge is -2.12. The minimum atomic E-state index is -0.302. The molecule has 1 amide bonds. The largest absolute Gasteiger partial charge is 0.371 e. The van der Waals surface area contributed by atoms with Crippen LogP contribution in [0.15, 0.2) is 36.4 Å². The first-order valence-corrected chi connectivity index (χ1v) is 9.97. The van der Waals surface area contributed by atoms with Crippen molar-refractivity contribution < 1.29 is 9.59 Å². The Morgan fingerprint density at radius 2 is 1.67 bits per heavy atom. The van der Waals surface area contributed by atoms with E-state index in [2.05, 4.69) is 15.6 Å². The van der Waals surface area contributed by atoms with Crippen LogP contribution in [-0.2, 0) is 6.54 Å². The fourth-order valence-corrected chi connectivity index (χ4v) is 3.71. The van der Waals surface area contributed by atoms with Gasteiger partial charge in [-0.25, -0.2) is 4.68 Å². The van der Waals surface area contributed by atoms with Gasteiger partial charge in [0.1, 0.15) is 0 Å². The molecule has 1 N–H and O–H groups in total. The van der Waals surface area contributed by atoms with Crippen molar-refractivity contribution in [3.63, 3.8) is 0 Å². The summed E-state index contributed by atoms with van der Waals surface area (Å²) < 4.78 is 1.53. The van der Waals surface area contributed by atoms with E-state index < -0.39 is 0 Å². The van der Waals surface area contributed by atoms with Crippen LogP contribution in [0.2, 0.25) is 15.1 Å². The van der Waals surface area contributed by atoms with Gasteiger partial charge < -0.3 is 10.2 Å². The molecular formula is C20H18Cl3N5O2. The molecule has 0 atom stereocenters. The van der Waals surface area contributed by atoms with Crippen molar-refractivity contribution in [2.45, 2.75) is 6.54 Å². The Labute approximate surface area is 188 Å². The molecule has 0 radical (unpaired) electrons. The van der Waals surface area contributed by atoms with E-state index >= 15 is 0 Å². The van der Waals surface area contributed by atoms with Gasteiger partial charge in [0.05, 0.1) is 22.2 Å². The molecule has 1 aromatic heterocycles. The highest BCUT2D eigenvalue weighted by molar-refractivity contribution is 6.41. The van der Waals surface area contributed by atoms with Gasteiger partial charge in [-0.2, -0.15) is 0 Å². The van der Waals surface area contributed by atoms with E-state index in [1.807, 2.05) is 0 Å². The topological polar surface area (TPSA) is 80.1 Å². The Kier molecular flexibility index (Phi) is 6.65. The number of nitrogens with zero attached hydrogens (tertiary/aromatic N) is 4. The first-order valence-electron chi connectivity index (χ1n) is 8.84. The number of ketones is 1. The van der Waals surface area contributed by atoms with Crippen LogP contribution in [-0.4, -0.2) is 52.7 Å². The third-order valence-electron chi connectivity index (χ3n) is 4.35. The normalized spacial score (nSPS) is 10.7. The average molecular weight is 467 g/mol. The standard InChI is InChI=1S/C20H18Cl3N5O2/c1-24-19-17(20(30)27(2)3)25-26-28(19)10-11-8-14(22)16(15(23)9-11)18(29)12-4-6-13(21)7-5-12/h4-9,24H,10H2,1-3H3. The van der Waals surface area contributed by atoms with Crippen LogP contribution in [0, 0.1) is 0 Å². The molecule has 0 aliphatic heterocycles. The molecule has 3 aromatic rings. The summed E-state index contributed by atoms with van der Waals surface area (Å²) in [6.07, 6.45) is 0. The fourth-order valence-electron chi connectivity index (χ4n) is 2.88. The predicted molar refractivity (Wildman–Crippen MR) is 118 cm³/mol. The summed E-state index contributed by atoms with van der Waals surface area (Å²) >= 11 is 18.7. The second-order valence-electron chi connectivity index (χ2n) is 6.66. The molecule has 0 fully saturated rings. The lowest BCUT2D eigenvalue weighted by atomic mass is 10.0. The van der Waals surface area contributed by atoms with Gasteiger partial charge >= 0.3 is 0 Å². The van der Waals surface area contributed by atoms with Crippen LogP contribution in [0.5, 0.6) is 0 Å². The van der Waals surface area contributed by atoms with E-state index in [4.69, 9.17) is 34.8 Å². The highest BCUT2D eigenvalue weighted by Gasteiger charge is 2.22. The minimum absolute atomic E-state index is 0.203. The zero-order valence-electron chi connectivity index (χ0n) is 16.4. The van der Waals surface area contributed by atoms with Gasteiger partial charge in [0, 0.05) is 31.7 Å². The maximum absolute atomic E-state index is 12.8. The Bertz CT molecular complexity index is 1090. The summed E-state index contributed by atoms with van der Waals surface area (Å²) in [4.78, 5) is 26.5. The predicted octanol–water partition coefficient (Wildman–Crippen LogP) is 4.26. The van der Waals surface area contributed by atoms with E-state index in [0.29, 0.717) is 22.0 Å². The molecule has 0 aliphatic carbocycles. The van der Waals surface area contributed by atoms with Crippen molar-refractivity contribution in [1.82, 2.24) is 19.9 Å². The number of aromatic nitrogens is 3. The summed E-state index contributed by atoms with van der Waals surface area (Å²) in [5, 5.41) is 11.9. The molecular weight excluding hydrogens is 449 g/mol. The van der Waals surface area contributed by atoms with E-state index in [0.717, 1.165) is 0 Å². The maximum atomic E-state index is 12.8. The molecule has 0 spiro atoms. The zero-order valence-corrected chi connectivity index (χ0v) is 18.7. The van der Waals surface area contributed by atoms with E-state index in [1.165, 1.54) is 9.58 Å². The van der Waals surface area contributed by atoms with Gasteiger partial charge in [-0.05, 0) is 42.0 Å².